The highest BCUT2D eigenvalue weighted by Crippen LogP contribution is 2.23. The first-order valence-electron chi connectivity index (χ1n) is 4.05. The maximum absolute atomic E-state index is 12.1. The number of anilines is 1. The van der Waals surface area contributed by atoms with E-state index in [2.05, 4.69) is 6.58 Å². The number of hydrogen-bond donors (Lipinski definition) is 0. The van der Waals surface area contributed by atoms with E-state index in [0.29, 0.717) is 4.90 Å². The number of para-hydroxylation sites is 1. The van der Waals surface area contributed by atoms with Gasteiger partial charge in [-0.3, -0.25) is 9.69 Å². The van der Waals surface area contributed by atoms with Crippen molar-refractivity contribution < 1.29 is 18.0 Å². The van der Waals surface area contributed by atoms with Gasteiger partial charge >= 0.3 is 12.1 Å². The predicted molar refractivity (Wildman–Crippen MR) is 50.2 cm³/mol. The molecule has 0 heterocycles. The lowest BCUT2D eigenvalue weighted by molar-refractivity contribution is -0.169. The van der Waals surface area contributed by atoms with Gasteiger partial charge < -0.3 is 0 Å². The molecule has 1 aromatic carbocycles. The Morgan fingerprint density at radius 2 is 1.80 bits per heavy atom. The van der Waals surface area contributed by atoms with Crippen LogP contribution < -0.4 is 4.90 Å². The zero-order valence-electron chi connectivity index (χ0n) is 7.66. The molecule has 5 heteroatoms. The fraction of sp³-hybridized carbons (Fsp3) is 0.100. The molecule has 0 bridgehead atoms. The van der Waals surface area contributed by atoms with Crippen LogP contribution in [0.25, 0.3) is 0 Å². The molecule has 0 aliphatic heterocycles. The average molecular weight is 215 g/mol. The Bertz CT molecular complexity index is 359. The zero-order valence-corrected chi connectivity index (χ0v) is 7.66. The second kappa shape index (κ2) is 4.16. The molecule has 0 radical (unpaired) electrons. The van der Waals surface area contributed by atoms with E-state index in [9.17, 15) is 18.0 Å². The second-order valence-corrected chi connectivity index (χ2v) is 2.69. The van der Waals surface area contributed by atoms with E-state index in [1.165, 1.54) is 24.3 Å². The van der Waals surface area contributed by atoms with Gasteiger partial charge in [-0.2, -0.15) is 13.2 Å². The van der Waals surface area contributed by atoms with Gasteiger partial charge in [-0.15, -0.1) is 0 Å². The maximum Gasteiger partial charge on any atom is 0.472 e. The normalized spacial score (nSPS) is 10.9. The molecule has 0 saturated carbocycles. The molecule has 1 aromatic rings. The van der Waals surface area contributed by atoms with Crippen LogP contribution in [0.15, 0.2) is 43.1 Å². The molecule has 0 fully saturated rings. The molecule has 0 aliphatic rings. The van der Waals surface area contributed by atoms with Crippen LogP contribution in [0.5, 0.6) is 0 Å². The molecular formula is C10H8F3NO. The van der Waals surface area contributed by atoms with E-state index in [1.54, 1.807) is 6.07 Å². The lowest BCUT2D eigenvalue weighted by Crippen LogP contribution is -2.37. The number of rotatable bonds is 2. The minimum Gasteiger partial charge on any atom is -0.281 e. The Labute approximate surface area is 84.6 Å². The van der Waals surface area contributed by atoms with Gasteiger partial charge in [0, 0.05) is 11.9 Å². The summed E-state index contributed by atoms with van der Waals surface area (Å²) in [5.74, 6) is -1.95. The van der Waals surface area contributed by atoms with E-state index < -0.39 is 12.1 Å². The van der Waals surface area contributed by atoms with Crippen LogP contribution in [-0.4, -0.2) is 12.1 Å². The average Bonchev–Trinajstić information content (AvgIpc) is 2.19. The highest BCUT2D eigenvalue weighted by Gasteiger charge is 2.42. The summed E-state index contributed by atoms with van der Waals surface area (Å²) < 4.78 is 36.4. The highest BCUT2D eigenvalue weighted by atomic mass is 19.4. The molecule has 0 atom stereocenters. The van der Waals surface area contributed by atoms with Crippen LogP contribution in [0.4, 0.5) is 18.9 Å². The molecule has 0 spiro atoms. The zero-order chi connectivity index (χ0) is 11.5. The van der Waals surface area contributed by atoms with Crippen LogP contribution in [-0.2, 0) is 4.79 Å². The molecule has 0 aromatic heterocycles. The van der Waals surface area contributed by atoms with Crippen molar-refractivity contribution in [2.24, 2.45) is 0 Å². The quantitative estimate of drug-likeness (QED) is 0.742. The molecule has 0 aliphatic carbocycles. The van der Waals surface area contributed by atoms with Gasteiger partial charge in [0.1, 0.15) is 0 Å². The lowest BCUT2D eigenvalue weighted by Gasteiger charge is -2.19. The standard InChI is InChI=1S/C10H8F3NO/c1-2-14(9(15)10(11,12)13)8-6-4-3-5-7-8/h2-7H,1H2. The summed E-state index contributed by atoms with van der Waals surface area (Å²) in [7, 11) is 0. The third-order valence-electron chi connectivity index (χ3n) is 1.68. The predicted octanol–water partition coefficient (Wildman–Crippen LogP) is 2.73. The highest BCUT2D eigenvalue weighted by molar-refractivity contribution is 5.98. The first kappa shape index (κ1) is 11.3. The molecular weight excluding hydrogens is 207 g/mol. The van der Waals surface area contributed by atoms with Crippen molar-refractivity contribution in [2.75, 3.05) is 4.90 Å². The number of carbonyl (C=O) groups is 1. The summed E-state index contributed by atoms with van der Waals surface area (Å²) in [5, 5.41) is 0. The number of amides is 1. The smallest absolute Gasteiger partial charge is 0.281 e. The van der Waals surface area contributed by atoms with Crippen molar-refractivity contribution in [3.8, 4) is 0 Å². The summed E-state index contributed by atoms with van der Waals surface area (Å²) in [6, 6.07) is 7.50. The van der Waals surface area contributed by atoms with Crippen LogP contribution >= 0.6 is 0 Å². The summed E-state index contributed by atoms with van der Waals surface area (Å²) in [5.41, 5.74) is 0.134. The summed E-state index contributed by atoms with van der Waals surface area (Å²) in [6.45, 7) is 3.18. The summed E-state index contributed by atoms with van der Waals surface area (Å²) >= 11 is 0. The Morgan fingerprint density at radius 3 is 2.20 bits per heavy atom. The third kappa shape index (κ3) is 2.59. The molecule has 80 valence electrons. The number of hydrogen-bond acceptors (Lipinski definition) is 1. The number of alkyl halides is 3. The molecule has 0 unspecified atom stereocenters. The maximum atomic E-state index is 12.1. The molecule has 0 N–H and O–H groups in total. The Balaban J connectivity index is 3.01. The summed E-state index contributed by atoms with van der Waals surface area (Å²) in [6.07, 6.45) is -4.06. The molecule has 1 rings (SSSR count). The Kier molecular flexibility index (Phi) is 3.14. The third-order valence-corrected chi connectivity index (χ3v) is 1.68. The van der Waals surface area contributed by atoms with E-state index in [-0.39, 0.29) is 5.69 Å². The van der Waals surface area contributed by atoms with Crippen LogP contribution in [0.3, 0.4) is 0 Å². The molecule has 1 amide bonds. The van der Waals surface area contributed by atoms with E-state index >= 15 is 0 Å². The van der Waals surface area contributed by atoms with E-state index in [0.717, 1.165) is 6.20 Å². The van der Waals surface area contributed by atoms with Gasteiger partial charge in [0.05, 0.1) is 0 Å². The fourth-order valence-corrected chi connectivity index (χ4v) is 1.03. The number of nitrogens with zero attached hydrogens (tertiary/aromatic N) is 1. The minimum absolute atomic E-state index is 0.134. The van der Waals surface area contributed by atoms with Crippen LogP contribution in [0.2, 0.25) is 0 Å². The molecule has 15 heavy (non-hydrogen) atoms. The van der Waals surface area contributed by atoms with Crippen LogP contribution in [0.1, 0.15) is 0 Å². The topological polar surface area (TPSA) is 20.3 Å². The molecule has 2 nitrogen and oxygen atoms in total. The number of benzene rings is 1. The van der Waals surface area contributed by atoms with Crippen molar-refractivity contribution in [2.45, 2.75) is 6.18 Å². The second-order valence-electron chi connectivity index (χ2n) is 2.69. The van der Waals surface area contributed by atoms with Crippen molar-refractivity contribution in [3.63, 3.8) is 0 Å². The fourth-order valence-electron chi connectivity index (χ4n) is 1.03. The van der Waals surface area contributed by atoms with Crippen LogP contribution in [0, 0.1) is 0 Å². The molecule has 0 saturated heterocycles. The lowest BCUT2D eigenvalue weighted by atomic mass is 10.3. The first-order chi connectivity index (χ1) is 6.96. The largest absolute Gasteiger partial charge is 0.472 e. The SMILES string of the molecule is C=CN(C(=O)C(F)(F)F)c1ccccc1. The van der Waals surface area contributed by atoms with E-state index in [1.807, 2.05) is 0 Å². The van der Waals surface area contributed by atoms with Crippen molar-refractivity contribution in [3.05, 3.63) is 43.1 Å². The van der Waals surface area contributed by atoms with Gasteiger partial charge in [0.2, 0.25) is 0 Å². The first-order valence-corrected chi connectivity index (χ1v) is 4.05. The number of halogens is 3. The van der Waals surface area contributed by atoms with Gasteiger partial charge in [-0.25, -0.2) is 0 Å². The van der Waals surface area contributed by atoms with Gasteiger partial charge in [0.15, 0.2) is 0 Å². The monoisotopic (exact) mass is 215 g/mol. The van der Waals surface area contributed by atoms with Gasteiger partial charge in [-0.1, -0.05) is 24.8 Å². The van der Waals surface area contributed by atoms with Crippen molar-refractivity contribution >= 4 is 11.6 Å². The Morgan fingerprint density at radius 1 is 1.27 bits per heavy atom. The van der Waals surface area contributed by atoms with E-state index in [4.69, 9.17) is 0 Å². The number of carbonyl (C=O) groups excluding carboxylic acids is 1. The minimum atomic E-state index is -4.90. The van der Waals surface area contributed by atoms with Gasteiger partial charge in [0.25, 0.3) is 0 Å². The summed E-state index contributed by atoms with van der Waals surface area (Å²) in [4.78, 5) is 11.4. The van der Waals surface area contributed by atoms with Crippen molar-refractivity contribution in [1.82, 2.24) is 0 Å². The van der Waals surface area contributed by atoms with Crippen molar-refractivity contribution in [1.29, 1.82) is 0 Å². The van der Waals surface area contributed by atoms with Gasteiger partial charge in [-0.05, 0) is 12.1 Å². The Hall–Kier alpha value is -1.78.